The van der Waals surface area contributed by atoms with Crippen LogP contribution in [0.15, 0.2) is 36.4 Å². The average molecular weight is 390 g/mol. The maximum absolute atomic E-state index is 11.7. The molecule has 0 amide bonds. The Balaban J connectivity index is 1.94. The highest BCUT2D eigenvalue weighted by molar-refractivity contribution is 5.93. The number of methoxy groups -OCH3 is 4. The van der Waals surface area contributed by atoms with E-state index in [2.05, 4.69) is 0 Å². The van der Waals surface area contributed by atoms with Crippen LogP contribution in [0.1, 0.15) is 20.7 Å². The van der Waals surface area contributed by atoms with Gasteiger partial charge in [-0.2, -0.15) is 0 Å². The maximum Gasteiger partial charge on any atom is 0.341 e. The highest BCUT2D eigenvalue weighted by Crippen LogP contribution is 2.26. The molecule has 0 radical (unpaired) electrons. The molecule has 2 aromatic carbocycles. The Morgan fingerprint density at radius 3 is 1.39 bits per heavy atom. The van der Waals surface area contributed by atoms with Crippen molar-refractivity contribution < 1.29 is 38.0 Å². The van der Waals surface area contributed by atoms with Gasteiger partial charge in [-0.1, -0.05) is 0 Å². The van der Waals surface area contributed by atoms with E-state index in [1.54, 1.807) is 36.4 Å². The summed E-state index contributed by atoms with van der Waals surface area (Å²) >= 11 is 0. The Morgan fingerprint density at radius 2 is 1.07 bits per heavy atom. The second kappa shape index (κ2) is 10.1. The van der Waals surface area contributed by atoms with Gasteiger partial charge in [0.15, 0.2) is 0 Å². The lowest BCUT2D eigenvalue weighted by Gasteiger charge is -2.12. The van der Waals surface area contributed by atoms with Gasteiger partial charge in [-0.25, -0.2) is 9.59 Å². The Labute approximate surface area is 162 Å². The minimum absolute atomic E-state index is 0.252. The van der Waals surface area contributed by atoms with Crippen molar-refractivity contribution in [2.45, 2.75) is 0 Å². The number of ether oxygens (including phenoxy) is 6. The third kappa shape index (κ3) is 5.06. The Bertz CT molecular complexity index is 761. The van der Waals surface area contributed by atoms with Gasteiger partial charge in [0.1, 0.15) is 47.3 Å². The molecule has 8 heteroatoms. The number of hydrogen-bond donors (Lipinski definition) is 0. The zero-order chi connectivity index (χ0) is 20.5. The zero-order valence-corrected chi connectivity index (χ0v) is 16.1. The van der Waals surface area contributed by atoms with Crippen LogP contribution in [0.25, 0.3) is 0 Å². The molecule has 28 heavy (non-hydrogen) atoms. The number of esters is 2. The van der Waals surface area contributed by atoms with E-state index in [0.717, 1.165) is 0 Å². The lowest BCUT2D eigenvalue weighted by Crippen LogP contribution is -2.10. The normalized spacial score (nSPS) is 10.0. The summed E-state index contributed by atoms with van der Waals surface area (Å²) in [5, 5.41) is 0. The molecular formula is C20H22O8. The van der Waals surface area contributed by atoms with Crippen LogP contribution in [0.2, 0.25) is 0 Å². The summed E-state index contributed by atoms with van der Waals surface area (Å²) in [6.07, 6.45) is 0. The molecule has 0 aliphatic rings. The minimum Gasteiger partial charge on any atom is -0.496 e. The van der Waals surface area contributed by atoms with Gasteiger partial charge < -0.3 is 28.4 Å². The molecule has 0 aromatic heterocycles. The molecular weight excluding hydrogens is 368 g/mol. The summed E-state index contributed by atoms with van der Waals surface area (Å²) in [5.74, 6) is 0.771. The fraction of sp³-hybridized carbons (Fsp3) is 0.300. The first-order valence-electron chi connectivity index (χ1n) is 8.32. The molecule has 0 atom stereocenters. The van der Waals surface area contributed by atoms with Crippen molar-refractivity contribution in [3.8, 4) is 23.0 Å². The molecule has 8 nitrogen and oxygen atoms in total. The standard InChI is InChI=1S/C20H22O8/c1-23-17-11-13(5-7-15(17)19(21)25-3)27-9-10-28-14-6-8-16(20(22)26-4)18(12-14)24-2/h5-8,11-12H,9-10H2,1-4H3. The smallest absolute Gasteiger partial charge is 0.341 e. The van der Waals surface area contributed by atoms with E-state index < -0.39 is 11.9 Å². The van der Waals surface area contributed by atoms with E-state index >= 15 is 0 Å². The molecule has 0 fully saturated rings. The van der Waals surface area contributed by atoms with Crippen LogP contribution in [-0.2, 0) is 9.47 Å². The fourth-order valence-corrected chi connectivity index (χ4v) is 2.40. The first-order chi connectivity index (χ1) is 13.5. The van der Waals surface area contributed by atoms with Crippen LogP contribution < -0.4 is 18.9 Å². The summed E-state index contributed by atoms with van der Waals surface area (Å²) in [6.45, 7) is 0.504. The van der Waals surface area contributed by atoms with Crippen LogP contribution in [-0.4, -0.2) is 53.6 Å². The van der Waals surface area contributed by atoms with Crippen molar-refractivity contribution in [3.05, 3.63) is 47.5 Å². The van der Waals surface area contributed by atoms with Gasteiger partial charge in [-0.05, 0) is 24.3 Å². The third-order valence-corrected chi connectivity index (χ3v) is 3.78. The molecule has 0 spiro atoms. The van der Waals surface area contributed by atoms with Gasteiger partial charge in [0.2, 0.25) is 0 Å². The lowest BCUT2D eigenvalue weighted by atomic mass is 10.2. The van der Waals surface area contributed by atoms with Gasteiger partial charge in [0.05, 0.1) is 28.4 Å². The first-order valence-corrected chi connectivity index (χ1v) is 8.32. The van der Waals surface area contributed by atoms with E-state index in [9.17, 15) is 9.59 Å². The Morgan fingerprint density at radius 1 is 0.679 bits per heavy atom. The Hall–Kier alpha value is -3.42. The summed E-state index contributed by atoms with van der Waals surface area (Å²) in [6, 6.07) is 9.61. The van der Waals surface area contributed by atoms with Crippen molar-refractivity contribution in [2.75, 3.05) is 41.7 Å². The van der Waals surface area contributed by atoms with Crippen LogP contribution in [0, 0.1) is 0 Å². The van der Waals surface area contributed by atoms with E-state index in [4.69, 9.17) is 28.4 Å². The number of hydrogen-bond acceptors (Lipinski definition) is 8. The van der Waals surface area contributed by atoms with Gasteiger partial charge in [-0.15, -0.1) is 0 Å². The van der Waals surface area contributed by atoms with E-state index in [1.807, 2.05) is 0 Å². The van der Waals surface area contributed by atoms with Crippen molar-refractivity contribution in [1.82, 2.24) is 0 Å². The van der Waals surface area contributed by atoms with Gasteiger partial charge in [0.25, 0.3) is 0 Å². The predicted octanol–water partition coefficient (Wildman–Crippen LogP) is 2.73. The molecule has 0 unspecified atom stereocenters. The third-order valence-electron chi connectivity index (χ3n) is 3.78. The molecule has 0 bridgehead atoms. The maximum atomic E-state index is 11.7. The average Bonchev–Trinajstić information content (AvgIpc) is 2.75. The zero-order valence-electron chi connectivity index (χ0n) is 16.1. The molecule has 0 heterocycles. The molecule has 150 valence electrons. The molecule has 0 aliphatic carbocycles. The number of rotatable bonds is 9. The predicted molar refractivity (Wildman–Crippen MR) is 99.7 cm³/mol. The molecule has 0 saturated carbocycles. The van der Waals surface area contributed by atoms with Gasteiger partial charge >= 0.3 is 11.9 Å². The summed E-state index contributed by atoms with van der Waals surface area (Å²) < 4.78 is 31.0. The van der Waals surface area contributed by atoms with Crippen LogP contribution >= 0.6 is 0 Å². The molecule has 0 aliphatic heterocycles. The lowest BCUT2D eigenvalue weighted by molar-refractivity contribution is 0.0587. The quantitative estimate of drug-likeness (QED) is 0.477. The molecule has 0 saturated heterocycles. The van der Waals surface area contributed by atoms with Gasteiger partial charge in [-0.3, -0.25) is 0 Å². The first kappa shape index (κ1) is 20.9. The largest absolute Gasteiger partial charge is 0.496 e. The summed E-state index contributed by atoms with van der Waals surface area (Å²) in [4.78, 5) is 23.3. The van der Waals surface area contributed by atoms with E-state index in [-0.39, 0.29) is 13.2 Å². The Kier molecular flexibility index (Phi) is 7.50. The molecule has 0 N–H and O–H groups in total. The van der Waals surface area contributed by atoms with E-state index in [0.29, 0.717) is 34.1 Å². The molecule has 2 rings (SSSR count). The van der Waals surface area contributed by atoms with Crippen LogP contribution in [0.4, 0.5) is 0 Å². The van der Waals surface area contributed by atoms with Crippen molar-refractivity contribution >= 4 is 11.9 Å². The number of benzene rings is 2. The van der Waals surface area contributed by atoms with Crippen LogP contribution in [0.5, 0.6) is 23.0 Å². The monoisotopic (exact) mass is 390 g/mol. The van der Waals surface area contributed by atoms with Crippen LogP contribution in [0.3, 0.4) is 0 Å². The summed E-state index contributed by atoms with van der Waals surface area (Å²) in [7, 11) is 5.52. The fourth-order valence-electron chi connectivity index (χ4n) is 2.40. The second-order valence-corrected chi connectivity index (χ2v) is 5.40. The van der Waals surface area contributed by atoms with E-state index in [1.165, 1.54) is 28.4 Å². The van der Waals surface area contributed by atoms with Crippen molar-refractivity contribution in [3.63, 3.8) is 0 Å². The molecule has 2 aromatic rings. The highest BCUT2D eigenvalue weighted by Gasteiger charge is 2.15. The van der Waals surface area contributed by atoms with Crippen molar-refractivity contribution in [2.24, 2.45) is 0 Å². The van der Waals surface area contributed by atoms with Gasteiger partial charge in [0, 0.05) is 12.1 Å². The SMILES string of the molecule is COC(=O)c1ccc(OCCOc2ccc(C(=O)OC)c(OC)c2)cc1OC. The minimum atomic E-state index is -0.490. The highest BCUT2D eigenvalue weighted by atomic mass is 16.5. The topological polar surface area (TPSA) is 89.5 Å². The summed E-state index contributed by atoms with van der Waals surface area (Å²) in [5.41, 5.74) is 0.623. The van der Waals surface area contributed by atoms with Crippen molar-refractivity contribution in [1.29, 1.82) is 0 Å². The number of carbonyl (C=O) groups excluding carboxylic acids is 2. The number of carbonyl (C=O) groups is 2. The second-order valence-electron chi connectivity index (χ2n) is 5.40.